The van der Waals surface area contributed by atoms with Gasteiger partial charge in [-0.25, -0.2) is 0 Å². The van der Waals surface area contributed by atoms with Crippen molar-refractivity contribution >= 4 is 11.6 Å². The number of nitrogens with one attached hydrogen (secondary N) is 1. The summed E-state index contributed by atoms with van der Waals surface area (Å²) in [6.45, 7) is 0.170. The second-order valence-electron chi connectivity index (χ2n) is 4.67. The zero-order valence-electron chi connectivity index (χ0n) is 10.7. The molecule has 1 amide bonds. The fraction of sp³-hybridized carbons (Fsp3) is 0.500. The third-order valence-corrected chi connectivity index (χ3v) is 3.45. The fourth-order valence-corrected chi connectivity index (χ4v) is 2.27. The Morgan fingerprint density at radius 2 is 2.05 bits per heavy atom. The lowest BCUT2D eigenvalue weighted by molar-refractivity contribution is -0.183. The monoisotopic (exact) mass is 288 g/mol. The zero-order valence-corrected chi connectivity index (χ0v) is 10.7. The Hall–Kier alpha value is -1.83. The molecule has 0 aromatic carbocycles. The number of carbonyl (C=O) groups is 1. The summed E-state index contributed by atoms with van der Waals surface area (Å²) in [6, 6.07) is 1.54. The SMILES string of the molecule is NNc1ccncc1C(=O)N1CCC(C(F)(F)F)CC1. The molecule has 0 atom stereocenters. The molecule has 0 radical (unpaired) electrons. The normalized spacial score (nSPS) is 17.1. The first kappa shape index (κ1) is 14.6. The Balaban J connectivity index is 2.05. The maximum absolute atomic E-state index is 12.6. The van der Waals surface area contributed by atoms with E-state index in [0.29, 0.717) is 5.69 Å². The smallest absolute Gasteiger partial charge is 0.339 e. The number of hydrogen-bond acceptors (Lipinski definition) is 4. The molecule has 1 aromatic heterocycles. The molecule has 1 aliphatic heterocycles. The van der Waals surface area contributed by atoms with Crippen LogP contribution in [0.1, 0.15) is 23.2 Å². The summed E-state index contributed by atoms with van der Waals surface area (Å²) in [5, 5.41) is 0. The summed E-state index contributed by atoms with van der Waals surface area (Å²) < 4.78 is 37.7. The average molecular weight is 288 g/mol. The van der Waals surface area contributed by atoms with Gasteiger partial charge in [0.15, 0.2) is 0 Å². The number of nitrogens with two attached hydrogens (primary N) is 1. The van der Waals surface area contributed by atoms with Crippen molar-refractivity contribution in [3.05, 3.63) is 24.0 Å². The molecule has 1 fully saturated rings. The summed E-state index contributed by atoms with van der Waals surface area (Å²) >= 11 is 0. The molecule has 3 N–H and O–H groups in total. The van der Waals surface area contributed by atoms with E-state index >= 15 is 0 Å². The standard InChI is InChI=1S/C12H15F3N4O/c13-12(14,15)8-2-5-19(6-3-8)11(20)9-7-17-4-1-10(9)18-16/h1,4,7-8H,2-3,5-6,16H2,(H,17,18). The number of pyridine rings is 1. The largest absolute Gasteiger partial charge is 0.391 e. The molecule has 0 bridgehead atoms. The number of hydrazine groups is 1. The molecule has 2 rings (SSSR count). The first-order valence-corrected chi connectivity index (χ1v) is 6.20. The Bertz CT molecular complexity index is 484. The van der Waals surface area contributed by atoms with E-state index in [0.717, 1.165) is 0 Å². The summed E-state index contributed by atoms with van der Waals surface area (Å²) in [6.07, 6.45) is -1.50. The summed E-state index contributed by atoms with van der Waals surface area (Å²) in [5.41, 5.74) is 3.05. The summed E-state index contributed by atoms with van der Waals surface area (Å²) in [5.74, 6) is 3.62. The van der Waals surface area contributed by atoms with Gasteiger partial charge in [0, 0.05) is 25.5 Å². The summed E-state index contributed by atoms with van der Waals surface area (Å²) in [4.78, 5) is 17.5. The molecule has 20 heavy (non-hydrogen) atoms. The van der Waals surface area contributed by atoms with Crippen LogP contribution in [0.2, 0.25) is 0 Å². The van der Waals surface area contributed by atoms with Crippen LogP contribution in [-0.2, 0) is 0 Å². The van der Waals surface area contributed by atoms with E-state index < -0.39 is 12.1 Å². The minimum Gasteiger partial charge on any atom is -0.339 e. The molecule has 0 aliphatic carbocycles. The van der Waals surface area contributed by atoms with Gasteiger partial charge in [-0.15, -0.1) is 0 Å². The van der Waals surface area contributed by atoms with Crippen molar-refractivity contribution in [2.45, 2.75) is 19.0 Å². The fourth-order valence-electron chi connectivity index (χ4n) is 2.27. The lowest BCUT2D eigenvalue weighted by Crippen LogP contribution is -2.42. The minimum absolute atomic E-state index is 0.0686. The van der Waals surface area contributed by atoms with E-state index in [1.807, 2.05) is 0 Å². The third kappa shape index (κ3) is 3.01. The van der Waals surface area contributed by atoms with Gasteiger partial charge in [-0.3, -0.25) is 15.6 Å². The van der Waals surface area contributed by atoms with Gasteiger partial charge in [0.05, 0.1) is 17.2 Å². The van der Waals surface area contributed by atoms with Gasteiger partial charge in [0.25, 0.3) is 5.91 Å². The van der Waals surface area contributed by atoms with E-state index in [4.69, 9.17) is 5.84 Å². The van der Waals surface area contributed by atoms with Crippen LogP contribution in [0.3, 0.4) is 0 Å². The molecule has 5 nitrogen and oxygen atoms in total. The van der Waals surface area contributed by atoms with Crippen molar-refractivity contribution in [3.8, 4) is 0 Å². The van der Waals surface area contributed by atoms with Crippen molar-refractivity contribution < 1.29 is 18.0 Å². The zero-order chi connectivity index (χ0) is 14.8. The molecule has 0 unspecified atom stereocenters. The molecule has 1 aromatic rings. The van der Waals surface area contributed by atoms with Crippen LogP contribution in [0.4, 0.5) is 18.9 Å². The lowest BCUT2D eigenvalue weighted by atomic mass is 9.96. The number of hydrogen-bond donors (Lipinski definition) is 2. The highest BCUT2D eigenvalue weighted by Crippen LogP contribution is 2.34. The van der Waals surface area contributed by atoms with Gasteiger partial charge in [0.2, 0.25) is 0 Å². The number of alkyl halides is 3. The highest BCUT2D eigenvalue weighted by molar-refractivity contribution is 5.99. The highest BCUT2D eigenvalue weighted by Gasteiger charge is 2.41. The van der Waals surface area contributed by atoms with E-state index in [9.17, 15) is 18.0 Å². The van der Waals surface area contributed by atoms with Gasteiger partial charge >= 0.3 is 6.18 Å². The van der Waals surface area contributed by atoms with E-state index in [-0.39, 0.29) is 37.4 Å². The van der Waals surface area contributed by atoms with E-state index in [1.165, 1.54) is 23.4 Å². The number of piperidine rings is 1. The lowest BCUT2D eigenvalue weighted by Gasteiger charge is -2.33. The topological polar surface area (TPSA) is 71.2 Å². The molecule has 1 aliphatic rings. The number of amides is 1. The van der Waals surface area contributed by atoms with Crippen molar-refractivity contribution in [2.24, 2.45) is 11.8 Å². The van der Waals surface area contributed by atoms with Crippen LogP contribution in [-0.4, -0.2) is 35.1 Å². The Morgan fingerprint density at radius 3 is 2.60 bits per heavy atom. The van der Waals surface area contributed by atoms with Gasteiger partial charge in [0.1, 0.15) is 0 Å². The maximum atomic E-state index is 12.6. The van der Waals surface area contributed by atoms with Gasteiger partial charge in [-0.1, -0.05) is 0 Å². The predicted octanol–water partition coefficient (Wildman–Crippen LogP) is 1.78. The number of anilines is 1. The third-order valence-electron chi connectivity index (χ3n) is 3.45. The number of nitrogen functional groups attached to an aromatic ring is 1. The molecule has 0 spiro atoms. The van der Waals surface area contributed by atoms with Crippen LogP contribution < -0.4 is 11.3 Å². The van der Waals surface area contributed by atoms with Gasteiger partial charge in [-0.2, -0.15) is 13.2 Å². The molecule has 0 saturated carbocycles. The predicted molar refractivity (Wildman–Crippen MR) is 66.7 cm³/mol. The van der Waals surface area contributed by atoms with Gasteiger partial charge in [-0.05, 0) is 18.9 Å². The number of rotatable bonds is 2. The number of halogens is 3. The van der Waals surface area contributed by atoms with Crippen molar-refractivity contribution in [1.29, 1.82) is 0 Å². The Kier molecular flexibility index (Phi) is 4.12. The molecule has 1 saturated heterocycles. The number of nitrogens with zero attached hydrogens (tertiary/aromatic N) is 2. The first-order chi connectivity index (χ1) is 9.43. The highest BCUT2D eigenvalue weighted by atomic mass is 19.4. The maximum Gasteiger partial charge on any atom is 0.391 e. The second-order valence-corrected chi connectivity index (χ2v) is 4.67. The Labute approximate surface area is 113 Å². The van der Waals surface area contributed by atoms with Crippen LogP contribution in [0, 0.1) is 5.92 Å². The van der Waals surface area contributed by atoms with Crippen LogP contribution in [0.5, 0.6) is 0 Å². The molecule has 8 heteroatoms. The average Bonchev–Trinajstić information content (AvgIpc) is 2.45. The van der Waals surface area contributed by atoms with Crippen molar-refractivity contribution in [2.75, 3.05) is 18.5 Å². The first-order valence-electron chi connectivity index (χ1n) is 6.20. The van der Waals surface area contributed by atoms with E-state index in [2.05, 4.69) is 10.4 Å². The number of carbonyl (C=O) groups excluding carboxylic acids is 1. The Morgan fingerprint density at radius 1 is 1.40 bits per heavy atom. The van der Waals surface area contributed by atoms with E-state index in [1.54, 1.807) is 0 Å². The number of likely N-dealkylation sites (tertiary alicyclic amines) is 1. The van der Waals surface area contributed by atoms with Crippen molar-refractivity contribution in [1.82, 2.24) is 9.88 Å². The van der Waals surface area contributed by atoms with Crippen LogP contribution >= 0.6 is 0 Å². The summed E-state index contributed by atoms with van der Waals surface area (Å²) in [7, 11) is 0. The molecule has 2 heterocycles. The number of aromatic nitrogens is 1. The molecular weight excluding hydrogens is 273 g/mol. The van der Waals surface area contributed by atoms with Crippen LogP contribution in [0.25, 0.3) is 0 Å². The quantitative estimate of drug-likeness (QED) is 0.643. The van der Waals surface area contributed by atoms with Crippen LogP contribution in [0.15, 0.2) is 18.5 Å². The molecule has 110 valence electrons. The van der Waals surface area contributed by atoms with Crippen molar-refractivity contribution in [3.63, 3.8) is 0 Å². The molecular formula is C12H15F3N4O. The second kappa shape index (κ2) is 5.66. The van der Waals surface area contributed by atoms with Gasteiger partial charge < -0.3 is 10.3 Å². The minimum atomic E-state index is -4.19.